The molecule has 0 unspecified atom stereocenters. The number of rotatable bonds is 1. The first-order valence-electron chi connectivity index (χ1n) is 6.13. The average molecular weight is 221 g/mol. The van der Waals surface area contributed by atoms with Gasteiger partial charge in [0, 0.05) is 36.3 Å². The predicted molar refractivity (Wildman–Crippen MR) is 70.2 cm³/mol. The first kappa shape index (κ1) is 10.2. The lowest BCUT2D eigenvalue weighted by molar-refractivity contribution is 0.365. The molecule has 1 nitrogen and oxygen atoms in total. The van der Waals surface area contributed by atoms with E-state index in [9.17, 15) is 0 Å². The summed E-state index contributed by atoms with van der Waals surface area (Å²) < 4.78 is 0. The Morgan fingerprint density at radius 1 is 1.24 bits per heavy atom. The van der Waals surface area contributed by atoms with Crippen molar-refractivity contribution in [2.75, 3.05) is 6.54 Å². The minimum atomic E-state index is 0.963. The molecule has 0 saturated heterocycles. The zero-order valence-electron chi connectivity index (χ0n) is 10.0. The van der Waals surface area contributed by atoms with Gasteiger partial charge in [-0.25, -0.2) is 0 Å². The van der Waals surface area contributed by atoms with Crippen molar-refractivity contribution in [3.8, 4) is 11.8 Å². The molecule has 0 spiro atoms. The molecule has 84 valence electrons. The van der Waals surface area contributed by atoms with Gasteiger partial charge >= 0.3 is 0 Å². The summed E-state index contributed by atoms with van der Waals surface area (Å²) in [5, 5.41) is 0. The SMILES string of the molecule is CCN1Cc2ccccc2C#CC2=C1C=CC2. The Labute approximate surface area is 102 Å². The van der Waals surface area contributed by atoms with Crippen molar-refractivity contribution in [3.63, 3.8) is 0 Å². The molecule has 17 heavy (non-hydrogen) atoms. The normalized spacial score (nSPS) is 16.9. The summed E-state index contributed by atoms with van der Waals surface area (Å²) in [6.45, 7) is 4.19. The molecule has 0 amide bonds. The predicted octanol–water partition coefficient (Wildman–Crippen LogP) is 3.09. The van der Waals surface area contributed by atoms with Crippen molar-refractivity contribution in [2.24, 2.45) is 0 Å². The van der Waals surface area contributed by atoms with Crippen molar-refractivity contribution < 1.29 is 0 Å². The van der Waals surface area contributed by atoms with Crippen molar-refractivity contribution in [1.29, 1.82) is 0 Å². The molecule has 3 rings (SSSR count). The van der Waals surface area contributed by atoms with E-state index < -0.39 is 0 Å². The third kappa shape index (κ3) is 1.76. The van der Waals surface area contributed by atoms with Crippen LogP contribution in [0.2, 0.25) is 0 Å². The fraction of sp³-hybridized carbons (Fsp3) is 0.250. The molecule has 0 aromatic heterocycles. The van der Waals surface area contributed by atoms with Gasteiger partial charge in [-0.05, 0) is 24.6 Å². The molecule has 0 radical (unpaired) electrons. The van der Waals surface area contributed by atoms with Crippen LogP contribution >= 0.6 is 0 Å². The highest BCUT2D eigenvalue weighted by atomic mass is 15.1. The highest BCUT2D eigenvalue weighted by molar-refractivity contribution is 5.52. The van der Waals surface area contributed by atoms with Crippen molar-refractivity contribution in [2.45, 2.75) is 19.9 Å². The van der Waals surface area contributed by atoms with E-state index in [1.165, 1.54) is 22.4 Å². The van der Waals surface area contributed by atoms with Gasteiger partial charge in [0.2, 0.25) is 0 Å². The van der Waals surface area contributed by atoms with Crippen LogP contribution in [0.1, 0.15) is 24.5 Å². The molecule has 0 saturated carbocycles. The van der Waals surface area contributed by atoms with Crippen LogP contribution in [0.4, 0.5) is 0 Å². The lowest BCUT2D eigenvalue weighted by Crippen LogP contribution is -2.22. The Kier molecular flexibility index (Phi) is 2.49. The molecule has 1 aromatic rings. The fourth-order valence-electron chi connectivity index (χ4n) is 2.40. The number of benzene rings is 1. The lowest BCUT2D eigenvalue weighted by Gasteiger charge is -2.25. The van der Waals surface area contributed by atoms with Gasteiger partial charge in [-0.2, -0.15) is 0 Å². The second-order valence-corrected chi connectivity index (χ2v) is 4.39. The summed E-state index contributed by atoms with van der Waals surface area (Å²) in [5.41, 5.74) is 5.08. The van der Waals surface area contributed by atoms with Gasteiger partial charge in [-0.1, -0.05) is 36.1 Å². The first-order valence-corrected chi connectivity index (χ1v) is 6.13. The Morgan fingerprint density at radius 3 is 3.00 bits per heavy atom. The maximum atomic E-state index is 3.33. The molecular weight excluding hydrogens is 206 g/mol. The number of allylic oxidation sites excluding steroid dienone is 3. The molecule has 0 bridgehead atoms. The van der Waals surface area contributed by atoms with E-state index in [1.807, 2.05) is 0 Å². The van der Waals surface area contributed by atoms with Crippen LogP contribution in [0.3, 0.4) is 0 Å². The lowest BCUT2D eigenvalue weighted by atomic mass is 10.0. The third-order valence-corrected chi connectivity index (χ3v) is 3.36. The van der Waals surface area contributed by atoms with Crippen LogP contribution in [0.5, 0.6) is 0 Å². The van der Waals surface area contributed by atoms with E-state index in [0.29, 0.717) is 0 Å². The molecule has 2 aliphatic rings. The second kappa shape index (κ2) is 4.14. The van der Waals surface area contributed by atoms with E-state index in [4.69, 9.17) is 0 Å². The smallest absolute Gasteiger partial charge is 0.0486 e. The summed E-state index contributed by atoms with van der Waals surface area (Å²) in [4.78, 5) is 2.41. The van der Waals surface area contributed by atoms with Crippen molar-refractivity contribution >= 4 is 0 Å². The quantitative estimate of drug-likeness (QED) is 0.659. The highest BCUT2D eigenvalue weighted by Crippen LogP contribution is 2.26. The van der Waals surface area contributed by atoms with Gasteiger partial charge in [-0.3, -0.25) is 0 Å². The summed E-state index contributed by atoms with van der Waals surface area (Å²) >= 11 is 0. The number of fused-ring (bicyclic) bond motifs is 1. The topological polar surface area (TPSA) is 3.24 Å². The zero-order chi connectivity index (χ0) is 11.7. The van der Waals surface area contributed by atoms with Crippen LogP contribution in [0.25, 0.3) is 0 Å². The van der Waals surface area contributed by atoms with Gasteiger partial charge in [0.15, 0.2) is 0 Å². The van der Waals surface area contributed by atoms with Crippen molar-refractivity contribution in [3.05, 3.63) is 58.8 Å². The molecule has 1 aliphatic carbocycles. The van der Waals surface area contributed by atoms with Crippen LogP contribution in [-0.4, -0.2) is 11.4 Å². The monoisotopic (exact) mass is 221 g/mol. The van der Waals surface area contributed by atoms with Gasteiger partial charge in [0.05, 0.1) is 0 Å². The summed E-state index contributed by atoms with van der Waals surface area (Å²) in [7, 11) is 0. The molecule has 1 aromatic carbocycles. The first-order chi connectivity index (χ1) is 8.38. The third-order valence-electron chi connectivity index (χ3n) is 3.36. The van der Waals surface area contributed by atoms with Gasteiger partial charge in [-0.15, -0.1) is 0 Å². The Balaban J connectivity index is 2.12. The Morgan fingerprint density at radius 2 is 2.12 bits per heavy atom. The minimum Gasteiger partial charge on any atom is -0.367 e. The molecule has 0 atom stereocenters. The maximum absolute atomic E-state index is 3.33. The highest BCUT2D eigenvalue weighted by Gasteiger charge is 2.16. The Hall–Kier alpha value is -1.94. The summed E-state index contributed by atoms with van der Waals surface area (Å²) in [6.07, 6.45) is 5.40. The number of nitrogens with zero attached hydrogens (tertiary/aromatic N) is 1. The number of hydrogen-bond donors (Lipinski definition) is 0. The number of likely N-dealkylation sites (N-methyl/N-ethyl adjacent to an activating group) is 1. The largest absolute Gasteiger partial charge is 0.367 e. The molecule has 0 N–H and O–H groups in total. The summed E-state index contributed by atoms with van der Waals surface area (Å²) in [6, 6.07) is 8.45. The van der Waals surface area contributed by atoms with E-state index in [2.05, 4.69) is 60.1 Å². The van der Waals surface area contributed by atoms with Crippen LogP contribution in [0, 0.1) is 11.8 Å². The second-order valence-electron chi connectivity index (χ2n) is 4.39. The van der Waals surface area contributed by atoms with E-state index >= 15 is 0 Å². The van der Waals surface area contributed by atoms with E-state index in [-0.39, 0.29) is 0 Å². The van der Waals surface area contributed by atoms with E-state index in [0.717, 1.165) is 19.5 Å². The molecule has 0 fully saturated rings. The van der Waals surface area contributed by atoms with Gasteiger partial charge < -0.3 is 4.90 Å². The van der Waals surface area contributed by atoms with Crippen LogP contribution in [0.15, 0.2) is 47.7 Å². The Bertz CT molecular complexity index is 567. The average Bonchev–Trinajstić information content (AvgIpc) is 2.79. The van der Waals surface area contributed by atoms with Gasteiger partial charge in [0.25, 0.3) is 0 Å². The molecular formula is C16H15N. The molecule has 1 heterocycles. The van der Waals surface area contributed by atoms with Gasteiger partial charge in [0.1, 0.15) is 0 Å². The van der Waals surface area contributed by atoms with Crippen molar-refractivity contribution in [1.82, 2.24) is 4.90 Å². The minimum absolute atomic E-state index is 0.963. The maximum Gasteiger partial charge on any atom is 0.0486 e. The number of hydrogen-bond acceptors (Lipinski definition) is 1. The fourth-order valence-corrected chi connectivity index (χ4v) is 2.40. The molecule has 1 heteroatoms. The molecule has 1 aliphatic heterocycles. The van der Waals surface area contributed by atoms with Crippen LogP contribution < -0.4 is 0 Å². The zero-order valence-corrected chi connectivity index (χ0v) is 10.0. The van der Waals surface area contributed by atoms with Crippen LogP contribution in [-0.2, 0) is 6.54 Å². The summed E-state index contributed by atoms with van der Waals surface area (Å²) in [5.74, 6) is 6.64. The van der Waals surface area contributed by atoms with E-state index in [1.54, 1.807) is 0 Å². The standard InChI is InChI=1S/C16H15N/c1-2-17-12-15-7-4-3-6-13(15)10-11-14-8-5-9-16(14)17/h3-7,9H,2,8,12H2,1H3.